The van der Waals surface area contributed by atoms with Crippen molar-refractivity contribution in [3.05, 3.63) is 83.4 Å². The van der Waals surface area contributed by atoms with E-state index in [4.69, 9.17) is 36.5 Å². The third-order valence-corrected chi connectivity index (χ3v) is 6.47. The molecule has 210 valence electrons. The number of nitrogens with one attached hydrogen (secondary N) is 1. The zero-order valence-electron chi connectivity index (χ0n) is 21.7. The van der Waals surface area contributed by atoms with E-state index in [2.05, 4.69) is 20.5 Å². The summed E-state index contributed by atoms with van der Waals surface area (Å²) in [7, 11) is 0. The van der Waals surface area contributed by atoms with Crippen molar-refractivity contribution < 1.29 is 29.8 Å². The maximum atomic E-state index is 13.3. The molecular weight excluding hydrogens is 516 g/mol. The van der Waals surface area contributed by atoms with Gasteiger partial charge in [-0.1, -0.05) is 10.3 Å². The minimum atomic E-state index is -0.263. The Morgan fingerprint density at radius 1 is 0.800 bits per heavy atom. The molecule has 8 N–H and O–H groups in total. The average Bonchev–Trinajstić information content (AvgIpc) is 2.98. The Morgan fingerprint density at radius 2 is 1.27 bits per heavy atom. The molecule has 1 fully saturated rings. The summed E-state index contributed by atoms with van der Waals surface area (Å²) >= 11 is 0. The fourth-order valence-corrected chi connectivity index (χ4v) is 4.31. The molecule has 1 aliphatic heterocycles. The summed E-state index contributed by atoms with van der Waals surface area (Å²) in [5.41, 5.74) is 12.7. The largest absolute Gasteiger partial charge is 0.457 e. The number of nitrogens with two attached hydrogens (primary N) is 2. The van der Waals surface area contributed by atoms with E-state index in [0.717, 1.165) is 25.9 Å². The first-order valence-corrected chi connectivity index (χ1v) is 12.7. The van der Waals surface area contributed by atoms with Gasteiger partial charge < -0.3 is 46.7 Å². The first-order valence-electron chi connectivity index (χ1n) is 12.7. The van der Waals surface area contributed by atoms with E-state index in [-0.39, 0.29) is 30.2 Å². The number of rotatable bonds is 10. The van der Waals surface area contributed by atoms with Gasteiger partial charge in [-0.2, -0.15) is 0 Å². The molecule has 0 spiro atoms. The van der Waals surface area contributed by atoms with Crippen LogP contribution < -0.4 is 26.3 Å². The number of hydrogen-bond donors (Lipinski definition) is 6. The number of hydrogen-bond acceptors (Lipinski definition) is 9. The third kappa shape index (κ3) is 7.40. The van der Waals surface area contributed by atoms with Gasteiger partial charge in [0.15, 0.2) is 11.7 Å². The smallest absolute Gasteiger partial charge is 0.251 e. The molecule has 0 bridgehead atoms. The molecule has 0 atom stereocenters. The standard InChI is InChI=1S/C28H32N6O6/c29-26(32-37)18-1-5-22(6-2-18)39-24-15-20(28(36)31-21-9-11-34(12-10-21)13-14-35)16-25(17-24)40-23-7-3-19(4-8-23)27(30)33-38/h1-8,15-17,21,35,37-38H,9-14H2,(H2,29,32)(H2,30,33)(H,31,36). The quantitative estimate of drug-likeness (QED) is 0.0958. The van der Waals surface area contributed by atoms with Crippen molar-refractivity contribution in [3.63, 3.8) is 0 Å². The molecule has 3 aromatic rings. The van der Waals surface area contributed by atoms with Crippen LogP contribution in [0.1, 0.15) is 34.3 Å². The van der Waals surface area contributed by atoms with Gasteiger partial charge in [-0.05, 0) is 73.5 Å². The summed E-state index contributed by atoms with van der Waals surface area (Å²) < 4.78 is 12.0. The third-order valence-electron chi connectivity index (χ3n) is 6.47. The van der Waals surface area contributed by atoms with E-state index in [0.29, 0.717) is 46.2 Å². The number of benzene rings is 3. The van der Waals surface area contributed by atoms with Crippen LogP contribution in [0.3, 0.4) is 0 Å². The van der Waals surface area contributed by atoms with Crippen molar-refractivity contribution in [2.45, 2.75) is 18.9 Å². The second-order valence-electron chi connectivity index (χ2n) is 9.23. The molecule has 3 aromatic carbocycles. The molecule has 1 aliphatic rings. The highest BCUT2D eigenvalue weighted by atomic mass is 16.5. The Labute approximate surface area is 231 Å². The van der Waals surface area contributed by atoms with Crippen molar-refractivity contribution in [1.29, 1.82) is 0 Å². The van der Waals surface area contributed by atoms with Crippen LogP contribution in [0.25, 0.3) is 0 Å². The number of likely N-dealkylation sites (tertiary alicyclic amines) is 1. The molecule has 0 aliphatic carbocycles. The average molecular weight is 549 g/mol. The van der Waals surface area contributed by atoms with E-state index in [1.807, 2.05) is 0 Å². The van der Waals surface area contributed by atoms with E-state index in [9.17, 15) is 4.79 Å². The van der Waals surface area contributed by atoms with E-state index in [1.54, 1.807) is 66.7 Å². The lowest BCUT2D eigenvalue weighted by molar-refractivity contribution is 0.0902. The molecule has 0 unspecified atom stereocenters. The van der Waals surface area contributed by atoms with Gasteiger partial charge in [0, 0.05) is 48.4 Å². The second-order valence-corrected chi connectivity index (χ2v) is 9.23. The number of ether oxygens (including phenoxy) is 2. The van der Waals surface area contributed by atoms with Crippen molar-refractivity contribution in [2.24, 2.45) is 21.8 Å². The maximum absolute atomic E-state index is 13.3. The van der Waals surface area contributed by atoms with Gasteiger partial charge in [0.25, 0.3) is 5.91 Å². The number of nitrogens with zero attached hydrogens (tertiary/aromatic N) is 3. The highest BCUT2D eigenvalue weighted by Crippen LogP contribution is 2.31. The summed E-state index contributed by atoms with van der Waals surface area (Å²) in [6.45, 7) is 2.34. The Hall–Kier alpha value is -4.81. The van der Waals surface area contributed by atoms with Crippen LogP contribution in [0.5, 0.6) is 23.0 Å². The molecule has 0 radical (unpaired) electrons. The van der Waals surface area contributed by atoms with Crippen molar-refractivity contribution in [2.75, 3.05) is 26.2 Å². The fourth-order valence-electron chi connectivity index (χ4n) is 4.31. The Balaban J connectivity index is 1.55. The van der Waals surface area contributed by atoms with Gasteiger partial charge in [-0.3, -0.25) is 4.79 Å². The molecule has 40 heavy (non-hydrogen) atoms. The zero-order valence-corrected chi connectivity index (χ0v) is 21.7. The molecule has 1 saturated heterocycles. The SMILES string of the molecule is N/C(=N\O)c1ccc(Oc2cc(Oc3ccc(/C(N)=N/O)cc3)cc(C(=O)NC3CCN(CCO)CC3)c2)cc1. The van der Waals surface area contributed by atoms with Crippen LogP contribution in [0.15, 0.2) is 77.0 Å². The molecule has 0 saturated carbocycles. The van der Waals surface area contributed by atoms with Crippen molar-refractivity contribution in [1.82, 2.24) is 10.2 Å². The number of oxime groups is 2. The lowest BCUT2D eigenvalue weighted by Gasteiger charge is -2.31. The predicted molar refractivity (Wildman–Crippen MR) is 149 cm³/mol. The van der Waals surface area contributed by atoms with Crippen LogP contribution in [0.2, 0.25) is 0 Å². The van der Waals surface area contributed by atoms with Crippen LogP contribution >= 0.6 is 0 Å². The molecule has 0 aromatic heterocycles. The fraction of sp³-hybridized carbons (Fsp3) is 0.250. The van der Waals surface area contributed by atoms with Crippen molar-refractivity contribution >= 4 is 17.6 Å². The Kier molecular flexibility index (Phi) is 9.39. The highest BCUT2D eigenvalue weighted by Gasteiger charge is 2.21. The first kappa shape index (κ1) is 28.2. The Morgan fingerprint density at radius 3 is 1.70 bits per heavy atom. The van der Waals surface area contributed by atoms with Crippen LogP contribution in [-0.4, -0.2) is 70.3 Å². The monoisotopic (exact) mass is 548 g/mol. The van der Waals surface area contributed by atoms with Gasteiger partial charge >= 0.3 is 0 Å². The number of aliphatic hydroxyl groups excluding tert-OH is 1. The Bertz CT molecular complexity index is 1270. The van der Waals surface area contributed by atoms with E-state index < -0.39 is 0 Å². The number of carbonyl (C=O) groups excluding carboxylic acids is 1. The summed E-state index contributed by atoms with van der Waals surface area (Å²) in [6, 6.07) is 18.1. The molecule has 12 nitrogen and oxygen atoms in total. The van der Waals surface area contributed by atoms with Gasteiger partial charge in [-0.15, -0.1) is 0 Å². The lowest BCUT2D eigenvalue weighted by Crippen LogP contribution is -2.45. The number of β-amino-alcohol motifs (C(OH)–C–C–N with tert-alkyl or cyclic N) is 1. The summed E-state index contributed by atoms with van der Waals surface area (Å²) in [5.74, 6) is 1.35. The van der Waals surface area contributed by atoms with Crippen LogP contribution in [0, 0.1) is 0 Å². The maximum Gasteiger partial charge on any atom is 0.251 e. The normalized spacial score (nSPS) is 15.0. The number of piperidine rings is 1. The van der Waals surface area contributed by atoms with Gasteiger partial charge in [0.1, 0.15) is 23.0 Å². The predicted octanol–water partition coefficient (Wildman–Crippen LogP) is 2.65. The molecule has 12 heteroatoms. The first-order chi connectivity index (χ1) is 19.4. The molecule has 4 rings (SSSR count). The summed E-state index contributed by atoms with van der Waals surface area (Å²) in [5, 5.41) is 36.0. The number of aliphatic hydroxyl groups is 1. The van der Waals surface area contributed by atoms with Crippen molar-refractivity contribution in [3.8, 4) is 23.0 Å². The van der Waals surface area contributed by atoms with E-state index in [1.165, 1.54) is 0 Å². The lowest BCUT2D eigenvalue weighted by atomic mass is 10.0. The highest BCUT2D eigenvalue weighted by molar-refractivity contribution is 5.97. The van der Waals surface area contributed by atoms with Gasteiger partial charge in [-0.25, -0.2) is 0 Å². The van der Waals surface area contributed by atoms with Gasteiger partial charge in [0.05, 0.1) is 6.61 Å². The minimum Gasteiger partial charge on any atom is -0.457 e. The topological polar surface area (TPSA) is 188 Å². The van der Waals surface area contributed by atoms with E-state index >= 15 is 0 Å². The second kappa shape index (κ2) is 13.3. The molecule has 1 heterocycles. The zero-order chi connectivity index (χ0) is 28.5. The number of amides is 1. The summed E-state index contributed by atoms with van der Waals surface area (Å²) in [4.78, 5) is 15.4. The molecule has 1 amide bonds. The summed E-state index contributed by atoms with van der Waals surface area (Å²) in [6.07, 6.45) is 1.56. The molecular formula is C28H32N6O6. The minimum absolute atomic E-state index is 0.00812. The number of carbonyl (C=O) groups is 1. The van der Waals surface area contributed by atoms with Gasteiger partial charge in [0.2, 0.25) is 0 Å². The van der Waals surface area contributed by atoms with Crippen LogP contribution in [-0.2, 0) is 0 Å². The van der Waals surface area contributed by atoms with Crippen LogP contribution in [0.4, 0.5) is 0 Å². The number of amidine groups is 2.